The van der Waals surface area contributed by atoms with E-state index in [1.165, 1.54) is 0 Å². The smallest absolute Gasteiger partial charge is 0.228 e. The molecule has 1 heterocycles. The Hall–Kier alpha value is -1.44. The molecule has 1 aromatic carbocycles. The van der Waals surface area contributed by atoms with Gasteiger partial charge in [-0.15, -0.1) is 0 Å². The number of piperidine rings is 1. The first-order valence-corrected chi connectivity index (χ1v) is 9.38. The number of benzene rings is 1. The molecule has 2 N–H and O–H groups in total. The molecule has 0 bridgehead atoms. The number of nitrogens with zero attached hydrogens (tertiary/aromatic N) is 1. The molecule has 1 aliphatic rings. The molecule has 1 fully saturated rings. The van der Waals surface area contributed by atoms with Crippen LogP contribution in [-0.4, -0.2) is 46.3 Å². The molecular formula is C15H23N3O3S. The minimum atomic E-state index is -3.11. The number of amides is 1. The summed E-state index contributed by atoms with van der Waals surface area (Å²) < 4.78 is 24.3. The minimum Gasteiger partial charge on any atom is -0.313 e. The van der Waals surface area contributed by atoms with Gasteiger partial charge in [0.1, 0.15) is 0 Å². The maximum absolute atomic E-state index is 12.2. The van der Waals surface area contributed by atoms with Crippen molar-refractivity contribution in [3.8, 4) is 0 Å². The Bertz CT molecular complexity index is 589. The van der Waals surface area contributed by atoms with E-state index in [-0.39, 0.29) is 11.9 Å². The second kappa shape index (κ2) is 7.71. The van der Waals surface area contributed by atoms with Gasteiger partial charge in [0.15, 0.2) is 0 Å². The maximum Gasteiger partial charge on any atom is 0.228 e. The molecule has 1 aliphatic heterocycles. The molecule has 122 valence electrons. The molecule has 22 heavy (non-hydrogen) atoms. The molecule has 1 saturated heterocycles. The van der Waals surface area contributed by atoms with Gasteiger partial charge in [0.25, 0.3) is 0 Å². The van der Waals surface area contributed by atoms with Gasteiger partial charge in [-0.3, -0.25) is 4.79 Å². The van der Waals surface area contributed by atoms with Crippen LogP contribution in [0.5, 0.6) is 0 Å². The van der Waals surface area contributed by atoms with Gasteiger partial charge in [0.05, 0.1) is 6.26 Å². The maximum atomic E-state index is 12.2. The number of nitrogens with one attached hydrogen (secondary N) is 2. The molecule has 1 amide bonds. The van der Waals surface area contributed by atoms with E-state index in [0.29, 0.717) is 32.5 Å². The topological polar surface area (TPSA) is 78.5 Å². The SMILES string of the molecule is CS(=O)(=O)NCCCNC1CCN(c2ccccc2)C(=O)C1. The third-order valence-corrected chi connectivity index (χ3v) is 4.37. The fourth-order valence-electron chi connectivity index (χ4n) is 2.54. The van der Waals surface area contributed by atoms with Gasteiger partial charge >= 0.3 is 0 Å². The van der Waals surface area contributed by atoms with Gasteiger partial charge in [-0.2, -0.15) is 0 Å². The van der Waals surface area contributed by atoms with E-state index in [0.717, 1.165) is 18.4 Å². The van der Waals surface area contributed by atoms with E-state index in [4.69, 9.17) is 0 Å². The van der Waals surface area contributed by atoms with E-state index in [9.17, 15) is 13.2 Å². The summed E-state index contributed by atoms with van der Waals surface area (Å²) in [4.78, 5) is 14.0. The third kappa shape index (κ3) is 5.40. The lowest BCUT2D eigenvalue weighted by Crippen LogP contribution is -2.46. The molecule has 0 aliphatic carbocycles. The van der Waals surface area contributed by atoms with E-state index in [1.54, 1.807) is 0 Å². The molecule has 2 rings (SSSR count). The zero-order valence-corrected chi connectivity index (χ0v) is 13.6. The number of hydrogen-bond acceptors (Lipinski definition) is 4. The van der Waals surface area contributed by atoms with Gasteiger partial charge in [0, 0.05) is 31.2 Å². The van der Waals surface area contributed by atoms with Gasteiger partial charge in [-0.25, -0.2) is 13.1 Å². The van der Waals surface area contributed by atoms with E-state index in [2.05, 4.69) is 10.0 Å². The molecule has 1 atom stereocenters. The van der Waals surface area contributed by atoms with Crippen molar-refractivity contribution < 1.29 is 13.2 Å². The number of sulfonamides is 1. The molecule has 0 aromatic heterocycles. The van der Waals surface area contributed by atoms with Crippen LogP contribution in [0.2, 0.25) is 0 Å². The Kier molecular flexibility index (Phi) is 5.93. The summed E-state index contributed by atoms with van der Waals surface area (Å²) in [6, 6.07) is 9.87. The summed E-state index contributed by atoms with van der Waals surface area (Å²) >= 11 is 0. The Morgan fingerprint density at radius 1 is 1.23 bits per heavy atom. The Balaban J connectivity index is 1.71. The summed E-state index contributed by atoms with van der Waals surface area (Å²) in [6.45, 7) is 1.83. The summed E-state index contributed by atoms with van der Waals surface area (Å²) in [7, 11) is -3.11. The highest BCUT2D eigenvalue weighted by molar-refractivity contribution is 7.88. The average molecular weight is 325 g/mol. The Labute approximate surface area is 131 Å². The Morgan fingerprint density at radius 2 is 1.95 bits per heavy atom. The summed E-state index contributed by atoms with van der Waals surface area (Å²) in [5.41, 5.74) is 0.948. The van der Waals surface area contributed by atoms with Crippen molar-refractivity contribution >= 4 is 21.6 Å². The molecule has 6 nitrogen and oxygen atoms in total. The monoisotopic (exact) mass is 325 g/mol. The molecule has 0 saturated carbocycles. The highest BCUT2D eigenvalue weighted by Crippen LogP contribution is 2.20. The summed E-state index contributed by atoms with van der Waals surface area (Å²) in [6.07, 6.45) is 3.24. The van der Waals surface area contributed by atoms with Crippen molar-refractivity contribution in [2.24, 2.45) is 0 Å². The third-order valence-electron chi connectivity index (χ3n) is 3.64. The van der Waals surface area contributed by atoms with Crippen LogP contribution in [0, 0.1) is 0 Å². The van der Waals surface area contributed by atoms with Crippen molar-refractivity contribution in [1.29, 1.82) is 0 Å². The second-order valence-corrected chi connectivity index (χ2v) is 7.38. The highest BCUT2D eigenvalue weighted by Gasteiger charge is 2.26. The average Bonchev–Trinajstić information content (AvgIpc) is 2.47. The molecular weight excluding hydrogens is 302 g/mol. The number of rotatable bonds is 7. The minimum absolute atomic E-state index is 0.129. The van der Waals surface area contributed by atoms with Crippen LogP contribution in [0.1, 0.15) is 19.3 Å². The van der Waals surface area contributed by atoms with Crippen LogP contribution in [0.25, 0.3) is 0 Å². The number of carbonyl (C=O) groups excluding carboxylic acids is 1. The lowest BCUT2D eigenvalue weighted by atomic mass is 10.0. The summed E-state index contributed by atoms with van der Waals surface area (Å²) in [5.74, 6) is 0.129. The molecule has 0 spiro atoms. The van der Waals surface area contributed by atoms with E-state index >= 15 is 0 Å². The molecule has 7 heteroatoms. The zero-order chi connectivity index (χ0) is 16.0. The van der Waals surface area contributed by atoms with Gasteiger partial charge in [-0.1, -0.05) is 18.2 Å². The predicted molar refractivity (Wildman–Crippen MR) is 87.3 cm³/mol. The van der Waals surface area contributed by atoms with Crippen molar-refractivity contribution in [3.63, 3.8) is 0 Å². The van der Waals surface area contributed by atoms with Crippen LogP contribution in [0.15, 0.2) is 30.3 Å². The first kappa shape index (κ1) is 16.9. The van der Waals surface area contributed by atoms with Crippen LogP contribution in [0.3, 0.4) is 0 Å². The van der Waals surface area contributed by atoms with Crippen LogP contribution >= 0.6 is 0 Å². The summed E-state index contributed by atoms with van der Waals surface area (Å²) in [5, 5.41) is 3.33. The quantitative estimate of drug-likeness (QED) is 0.724. The lowest BCUT2D eigenvalue weighted by molar-refractivity contribution is -0.120. The number of hydrogen-bond donors (Lipinski definition) is 2. The van der Waals surface area contributed by atoms with Gasteiger partial charge in [0.2, 0.25) is 15.9 Å². The van der Waals surface area contributed by atoms with Crippen molar-refractivity contribution in [3.05, 3.63) is 30.3 Å². The fourth-order valence-corrected chi connectivity index (χ4v) is 3.06. The van der Waals surface area contributed by atoms with Crippen LogP contribution in [0.4, 0.5) is 5.69 Å². The first-order valence-electron chi connectivity index (χ1n) is 7.49. The number of anilines is 1. The van der Waals surface area contributed by atoms with Crippen LogP contribution in [-0.2, 0) is 14.8 Å². The number of para-hydroxylation sites is 1. The molecule has 1 unspecified atom stereocenters. The lowest BCUT2D eigenvalue weighted by Gasteiger charge is -2.32. The van der Waals surface area contributed by atoms with Crippen molar-refractivity contribution in [2.75, 3.05) is 30.8 Å². The van der Waals surface area contributed by atoms with Gasteiger partial charge < -0.3 is 10.2 Å². The second-order valence-electron chi connectivity index (χ2n) is 5.54. The highest BCUT2D eigenvalue weighted by atomic mass is 32.2. The molecule has 1 aromatic rings. The van der Waals surface area contributed by atoms with Crippen LogP contribution < -0.4 is 14.9 Å². The van der Waals surface area contributed by atoms with E-state index < -0.39 is 10.0 Å². The predicted octanol–water partition coefficient (Wildman–Crippen LogP) is 0.711. The number of carbonyl (C=O) groups is 1. The standard InChI is InChI=1S/C15H23N3O3S/c1-22(20,21)17-10-5-9-16-13-8-11-18(15(19)12-13)14-6-3-2-4-7-14/h2-4,6-7,13,16-17H,5,8-12H2,1H3. The molecule has 0 radical (unpaired) electrons. The zero-order valence-electron chi connectivity index (χ0n) is 12.8. The first-order chi connectivity index (χ1) is 10.5. The van der Waals surface area contributed by atoms with E-state index in [1.807, 2.05) is 35.2 Å². The normalized spacial score (nSPS) is 19.4. The Morgan fingerprint density at radius 3 is 2.59 bits per heavy atom. The largest absolute Gasteiger partial charge is 0.313 e. The van der Waals surface area contributed by atoms with Crippen molar-refractivity contribution in [2.45, 2.75) is 25.3 Å². The van der Waals surface area contributed by atoms with Crippen molar-refractivity contribution in [1.82, 2.24) is 10.0 Å². The van der Waals surface area contributed by atoms with Gasteiger partial charge in [-0.05, 0) is 31.5 Å². The fraction of sp³-hybridized carbons (Fsp3) is 0.533.